The molecule has 0 unspecified atom stereocenters. The van der Waals surface area contributed by atoms with Crippen LogP contribution in [0.3, 0.4) is 0 Å². The van der Waals surface area contributed by atoms with Gasteiger partial charge < -0.3 is 10.1 Å². The average molecular weight is 242 g/mol. The maximum absolute atomic E-state index is 9.30. The lowest BCUT2D eigenvalue weighted by Crippen LogP contribution is -2.15. The maximum Gasteiger partial charge on any atom is 0.140 e. The third kappa shape index (κ3) is 1.69. The van der Waals surface area contributed by atoms with Gasteiger partial charge in [-0.05, 0) is 61.4 Å². The first-order chi connectivity index (χ1) is 8.85. The van der Waals surface area contributed by atoms with Crippen LogP contribution in [0.5, 0.6) is 5.75 Å². The summed E-state index contributed by atoms with van der Waals surface area (Å²) in [5.74, 6) is 0.812. The number of hydrogen-bond donors (Lipinski definition) is 1. The van der Waals surface area contributed by atoms with Gasteiger partial charge in [0.05, 0.1) is 12.7 Å². The fourth-order valence-electron chi connectivity index (χ4n) is 3.36. The van der Waals surface area contributed by atoms with Crippen LogP contribution in [0.25, 0.3) is 0 Å². The molecule has 0 amide bonds. The molecule has 18 heavy (non-hydrogen) atoms. The van der Waals surface area contributed by atoms with Gasteiger partial charge >= 0.3 is 0 Å². The first-order valence-corrected chi connectivity index (χ1v) is 6.71. The molecule has 1 saturated heterocycles. The van der Waals surface area contributed by atoms with Crippen LogP contribution in [0.2, 0.25) is 0 Å². The van der Waals surface area contributed by atoms with Crippen molar-refractivity contribution in [3.05, 3.63) is 28.3 Å². The van der Waals surface area contributed by atoms with E-state index < -0.39 is 0 Å². The van der Waals surface area contributed by atoms with Crippen LogP contribution in [0.1, 0.15) is 47.6 Å². The Balaban J connectivity index is 2.15. The van der Waals surface area contributed by atoms with Gasteiger partial charge in [0.1, 0.15) is 11.8 Å². The van der Waals surface area contributed by atoms with E-state index in [-0.39, 0.29) is 0 Å². The summed E-state index contributed by atoms with van der Waals surface area (Å²) >= 11 is 0. The molecule has 1 N–H and O–H groups in total. The molecule has 0 radical (unpaired) electrons. The van der Waals surface area contributed by atoms with E-state index in [1.807, 2.05) is 6.07 Å². The van der Waals surface area contributed by atoms with E-state index in [0.29, 0.717) is 11.6 Å². The average Bonchev–Trinajstić information content (AvgIpc) is 3.07. The fourth-order valence-corrected chi connectivity index (χ4v) is 3.36. The molecule has 1 aromatic rings. The number of nitriles is 1. The molecule has 0 saturated carbocycles. The molecule has 1 aliphatic heterocycles. The van der Waals surface area contributed by atoms with Gasteiger partial charge in [-0.25, -0.2) is 0 Å². The van der Waals surface area contributed by atoms with Crippen LogP contribution >= 0.6 is 0 Å². The summed E-state index contributed by atoms with van der Waals surface area (Å²) in [4.78, 5) is 0. The number of nitrogens with zero attached hydrogens (tertiary/aromatic N) is 1. The van der Waals surface area contributed by atoms with Gasteiger partial charge in [-0.15, -0.1) is 0 Å². The maximum atomic E-state index is 9.30. The van der Waals surface area contributed by atoms with E-state index >= 15 is 0 Å². The second kappa shape index (κ2) is 4.62. The Morgan fingerprint density at radius 3 is 2.83 bits per heavy atom. The van der Waals surface area contributed by atoms with Crippen LogP contribution < -0.4 is 10.1 Å². The van der Waals surface area contributed by atoms with E-state index in [0.717, 1.165) is 25.1 Å². The zero-order chi connectivity index (χ0) is 12.5. The standard InChI is InChI=1S/C15H18N2O/c1-18-15-10(9-16)8-13(14-6-3-7-17-14)11-4-2-5-12(11)15/h8,14,17H,2-7H2,1H3/t14-/m0/s1. The van der Waals surface area contributed by atoms with Gasteiger partial charge in [-0.2, -0.15) is 5.26 Å². The molecule has 0 spiro atoms. The monoisotopic (exact) mass is 242 g/mol. The molecule has 2 aliphatic rings. The van der Waals surface area contributed by atoms with Crippen molar-refractivity contribution in [3.8, 4) is 11.8 Å². The van der Waals surface area contributed by atoms with Gasteiger partial charge in [0.15, 0.2) is 0 Å². The first-order valence-electron chi connectivity index (χ1n) is 6.71. The molecular formula is C15H18N2O. The summed E-state index contributed by atoms with van der Waals surface area (Å²) in [7, 11) is 1.67. The molecule has 1 heterocycles. The van der Waals surface area contributed by atoms with Crippen molar-refractivity contribution in [2.45, 2.75) is 38.1 Å². The predicted molar refractivity (Wildman–Crippen MR) is 69.7 cm³/mol. The van der Waals surface area contributed by atoms with Crippen molar-refractivity contribution in [2.75, 3.05) is 13.7 Å². The summed E-state index contributed by atoms with van der Waals surface area (Å²) in [5.41, 5.74) is 4.75. The topological polar surface area (TPSA) is 45.0 Å². The Hall–Kier alpha value is -1.53. The Labute approximate surface area is 108 Å². The van der Waals surface area contributed by atoms with E-state index in [1.165, 1.54) is 36.0 Å². The van der Waals surface area contributed by atoms with Crippen molar-refractivity contribution in [1.82, 2.24) is 5.32 Å². The molecule has 1 aromatic carbocycles. The highest BCUT2D eigenvalue weighted by Crippen LogP contribution is 2.39. The van der Waals surface area contributed by atoms with E-state index in [2.05, 4.69) is 11.4 Å². The molecule has 3 nitrogen and oxygen atoms in total. The molecular weight excluding hydrogens is 224 g/mol. The summed E-state index contributed by atoms with van der Waals surface area (Å²) in [5, 5.41) is 12.8. The summed E-state index contributed by atoms with van der Waals surface area (Å²) in [6.07, 6.45) is 5.77. The minimum absolute atomic E-state index is 0.440. The Morgan fingerprint density at radius 1 is 1.33 bits per heavy atom. The highest BCUT2D eigenvalue weighted by Gasteiger charge is 2.27. The second-order valence-electron chi connectivity index (χ2n) is 5.12. The Morgan fingerprint density at radius 2 is 2.17 bits per heavy atom. The van der Waals surface area contributed by atoms with Crippen molar-refractivity contribution in [3.63, 3.8) is 0 Å². The number of benzene rings is 1. The Bertz CT molecular complexity index is 510. The number of hydrogen-bond acceptors (Lipinski definition) is 3. The Kier molecular flexibility index (Phi) is 2.97. The molecule has 3 rings (SSSR count). The molecule has 1 aliphatic carbocycles. The summed E-state index contributed by atoms with van der Waals surface area (Å²) < 4.78 is 5.45. The van der Waals surface area contributed by atoms with Gasteiger partial charge in [0.2, 0.25) is 0 Å². The van der Waals surface area contributed by atoms with Crippen LogP contribution in [0.15, 0.2) is 6.07 Å². The van der Waals surface area contributed by atoms with E-state index in [1.54, 1.807) is 7.11 Å². The van der Waals surface area contributed by atoms with Gasteiger partial charge in [0, 0.05) is 6.04 Å². The van der Waals surface area contributed by atoms with Crippen LogP contribution in [0.4, 0.5) is 0 Å². The molecule has 3 heteroatoms. The van der Waals surface area contributed by atoms with Gasteiger partial charge in [0.25, 0.3) is 0 Å². The van der Waals surface area contributed by atoms with Crippen LogP contribution in [-0.2, 0) is 12.8 Å². The largest absolute Gasteiger partial charge is 0.495 e. The SMILES string of the molecule is COc1c(C#N)cc([C@@H]2CCCN2)c2c1CCC2. The molecule has 1 fully saturated rings. The number of rotatable bonds is 2. The second-order valence-corrected chi connectivity index (χ2v) is 5.12. The van der Waals surface area contributed by atoms with Crippen LogP contribution in [0, 0.1) is 11.3 Å². The zero-order valence-corrected chi connectivity index (χ0v) is 10.8. The van der Waals surface area contributed by atoms with Crippen molar-refractivity contribution in [2.24, 2.45) is 0 Å². The highest BCUT2D eigenvalue weighted by molar-refractivity contribution is 5.57. The number of fused-ring (bicyclic) bond motifs is 1. The quantitative estimate of drug-likeness (QED) is 0.866. The van der Waals surface area contributed by atoms with Crippen molar-refractivity contribution >= 4 is 0 Å². The van der Waals surface area contributed by atoms with Crippen molar-refractivity contribution in [1.29, 1.82) is 5.26 Å². The minimum atomic E-state index is 0.440. The van der Waals surface area contributed by atoms with Gasteiger partial charge in [-0.3, -0.25) is 0 Å². The normalized spacial score (nSPS) is 21.7. The third-order valence-corrected chi connectivity index (χ3v) is 4.15. The first kappa shape index (κ1) is 11.6. The third-order valence-electron chi connectivity index (χ3n) is 4.15. The summed E-state index contributed by atoms with van der Waals surface area (Å²) in [6, 6.07) is 4.77. The van der Waals surface area contributed by atoms with E-state index in [9.17, 15) is 5.26 Å². The molecule has 0 bridgehead atoms. The molecule has 0 aromatic heterocycles. The predicted octanol–water partition coefficient (Wildman–Crippen LogP) is 2.48. The zero-order valence-electron chi connectivity index (χ0n) is 10.8. The fraction of sp³-hybridized carbons (Fsp3) is 0.533. The van der Waals surface area contributed by atoms with Crippen molar-refractivity contribution < 1.29 is 4.74 Å². The minimum Gasteiger partial charge on any atom is -0.495 e. The smallest absolute Gasteiger partial charge is 0.140 e. The molecule has 94 valence electrons. The van der Waals surface area contributed by atoms with E-state index in [4.69, 9.17) is 4.74 Å². The molecule has 1 atom stereocenters. The number of methoxy groups -OCH3 is 1. The highest BCUT2D eigenvalue weighted by atomic mass is 16.5. The summed E-state index contributed by atoms with van der Waals surface area (Å²) in [6.45, 7) is 1.09. The van der Waals surface area contributed by atoms with Gasteiger partial charge in [-0.1, -0.05) is 0 Å². The lowest BCUT2D eigenvalue weighted by atomic mass is 9.93. The number of ether oxygens (including phenoxy) is 1. The lowest BCUT2D eigenvalue weighted by molar-refractivity contribution is 0.408. The lowest BCUT2D eigenvalue weighted by Gasteiger charge is -2.18. The number of nitrogens with one attached hydrogen (secondary N) is 1. The van der Waals surface area contributed by atoms with Crippen LogP contribution in [-0.4, -0.2) is 13.7 Å².